The Hall–Kier alpha value is -1.20. The predicted molar refractivity (Wildman–Crippen MR) is 94.7 cm³/mol. The minimum absolute atomic E-state index is 0.0638. The van der Waals surface area contributed by atoms with Gasteiger partial charge in [-0.2, -0.15) is 0 Å². The maximum Gasteiger partial charge on any atom is 0.234 e. The molecule has 0 saturated heterocycles. The van der Waals surface area contributed by atoms with E-state index >= 15 is 0 Å². The summed E-state index contributed by atoms with van der Waals surface area (Å²) in [7, 11) is 1.80. The topological polar surface area (TPSA) is 49.4 Å². The summed E-state index contributed by atoms with van der Waals surface area (Å²) in [5.74, 6) is 0.538. The van der Waals surface area contributed by atoms with Gasteiger partial charge >= 0.3 is 0 Å². The maximum atomic E-state index is 11.9. The van der Waals surface area contributed by atoms with Crippen LogP contribution in [-0.2, 0) is 9.59 Å². The van der Waals surface area contributed by atoms with Crippen LogP contribution in [0.15, 0.2) is 18.2 Å². The zero-order valence-electron chi connectivity index (χ0n) is 13.3. The van der Waals surface area contributed by atoms with Crippen LogP contribution in [-0.4, -0.2) is 41.8 Å². The van der Waals surface area contributed by atoms with Gasteiger partial charge < -0.3 is 10.2 Å². The number of halogens is 1. The molecule has 1 aromatic carbocycles. The van der Waals surface area contributed by atoms with Gasteiger partial charge in [-0.1, -0.05) is 24.9 Å². The van der Waals surface area contributed by atoms with Crippen molar-refractivity contribution >= 4 is 40.9 Å². The Morgan fingerprint density at radius 3 is 2.68 bits per heavy atom. The number of amides is 2. The van der Waals surface area contributed by atoms with Crippen LogP contribution >= 0.6 is 23.4 Å². The molecule has 1 rings (SSSR count). The Balaban J connectivity index is 2.33. The number of carbonyl (C=O) groups is 2. The van der Waals surface area contributed by atoms with Crippen molar-refractivity contribution in [3.63, 3.8) is 0 Å². The fourth-order valence-corrected chi connectivity index (χ4v) is 2.80. The molecule has 1 N–H and O–H groups in total. The lowest BCUT2D eigenvalue weighted by Gasteiger charge is -2.16. The summed E-state index contributed by atoms with van der Waals surface area (Å²) in [6, 6.07) is 5.32. The van der Waals surface area contributed by atoms with Crippen LogP contribution in [0.3, 0.4) is 0 Å². The second-order valence-electron chi connectivity index (χ2n) is 5.17. The van der Waals surface area contributed by atoms with Crippen molar-refractivity contribution in [1.82, 2.24) is 4.90 Å². The number of unbranched alkanes of at least 4 members (excludes halogenated alkanes) is 1. The van der Waals surface area contributed by atoms with Crippen molar-refractivity contribution in [2.24, 2.45) is 0 Å². The molecule has 0 aliphatic heterocycles. The van der Waals surface area contributed by atoms with Gasteiger partial charge in [-0.3, -0.25) is 9.59 Å². The molecule has 0 saturated carbocycles. The molecule has 6 heteroatoms. The van der Waals surface area contributed by atoms with E-state index in [0.717, 1.165) is 30.6 Å². The number of hydrogen-bond donors (Lipinski definition) is 1. The minimum atomic E-state index is -0.112. The smallest absolute Gasteiger partial charge is 0.234 e. The second-order valence-corrected chi connectivity index (χ2v) is 6.59. The standard InChI is InChI=1S/C16H23ClN2O2S/c1-4-5-8-19(3)16(21)11-22-10-15(20)18-14-7-6-13(17)9-12(14)2/h6-7,9H,4-5,8,10-11H2,1-3H3,(H,18,20). The van der Waals surface area contributed by atoms with Crippen molar-refractivity contribution in [2.75, 3.05) is 30.4 Å². The molecule has 0 fully saturated rings. The Kier molecular flexibility index (Phi) is 8.35. The molecule has 0 heterocycles. The first-order valence-corrected chi connectivity index (χ1v) is 8.85. The highest BCUT2D eigenvalue weighted by atomic mass is 35.5. The fraction of sp³-hybridized carbons (Fsp3) is 0.500. The van der Waals surface area contributed by atoms with E-state index in [1.807, 2.05) is 6.92 Å². The van der Waals surface area contributed by atoms with Gasteiger partial charge in [-0.25, -0.2) is 0 Å². The summed E-state index contributed by atoms with van der Waals surface area (Å²) in [5, 5.41) is 3.48. The number of nitrogens with zero attached hydrogens (tertiary/aromatic N) is 1. The Bertz CT molecular complexity index is 523. The molecule has 0 bridgehead atoms. The van der Waals surface area contributed by atoms with Crippen LogP contribution in [0.1, 0.15) is 25.3 Å². The number of anilines is 1. The Morgan fingerprint density at radius 2 is 2.05 bits per heavy atom. The van der Waals surface area contributed by atoms with E-state index in [0.29, 0.717) is 10.8 Å². The highest BCUT2D eigenvalue weighted by molar-refractivity contribution is 8.00. The number of nitrogens with one attached hydrogen (secondary N) is 1. The molecule has 2 amide bonds. The third-order valence-corrected chi connectivity index (χ3v) is 4.35. The largest absolute Gasteiger partial charge is 0.345 e. The highest BCUT2D eigenvalue weighted by Crippen LogP contribution is 2.19. The molecule has 122 valence electrons. The molecular weight excluding hydrogens is 320 g/mol. The zero-order chi connectivity index (χ0) is 16.5. The molecule has 4 nitrogen and oxygen atoms in total. The summed E-state index contributed by atoms with van der Waals surface area (Å²) >= 11 is 7.21. The van der Waals surface area contributed by atoms with Crippen LogP contribution < -0.4 is 5.32 Å². The van der Waals surface area contributed by atoms with Gasteiger partial charge in [0.15, 0.2) is 0 Å². The van der Waals surface area contributed by atoms with Gasteiger partial charge in [-0.15, -0.1) is 11.8 Å². The van der Waals surface area contributed by atoms with Gasteiger partial charge in [-0.05, 0) is 37.1 Å². The molecule has 22 heavy (non-hydrogen) atoms. The Morgan fingerprint density at radius 1 is 1.32 bits per heavy atom. The lowest BCUT2D eigenvalue weighted by molar-refractivity contribution is -0.127. The highest BCUT2D eigenvalue weighted by Gasteiger charge is 2.10. The van der Waals surface area contributed by atoms with Crippen molar-refractivity contribution in [1.29, 1.82) is 0 Å². The molecule has 0 aliphatic carbocycles. The van der Waals surface area contributed by atoms with Crippen LogP contribution in [0.5, 0.6) is 0 Å². The predicted octanol–water partition coefficient (Wildman–Crippen LogP) is 3.58. The lowest BCUT2D eigenvalue weighted by Crippen LogP contribution is -2.29. The monoisotopic (exact) mass is 342 g/mol. The van der Waals surface area contributed by atoms with E-state index in [2.05, 4.69) is 12.2 Å². The Labute approximate surface area is 141 Å². The van der Waals surface area contributed by atoms with Crippen molar-refractivity contribution < 1.29 is 9.59 Å². The number of carbonyl (C=O) groups excluding carboxylic acids is 2. The quantitative estimate of drug-likeness (QED) is 0.785. The first kappa shape index (κ1) is 18.8. The summed E-state index contributed by atoms with van der Waals surface area (Å²) in [4.78, 5) is 25.4. The minimum Gasteiger partial charge on any atom is -0.345 e. The fourth-order valence-electron chi connectivity index (χ4n) is 1.81. The molecular formula is C16H23ClN2O2S. The first-order chi connectivity index (χ1) is 10.4. The van der Waals surface area contributed by atoms with E-state index in [9.17, 15) is 9.59 Å². The number of rotatable bonds is 8. The number of benzene rings is 1. The van der Waals surface area contributed by atoms with Gasteiger partial charge in [0.05, 0.1) is 11.5 Å². The molecule has 0 atom stereocenters. The van der Waals surface area contributed by atoms with E-state index in [1.54, 1.807) is 30.1 Å². The summed E-state index contributed by atoms with van der Waals surface area (Å²) in [6.45, 7) is 4.75. The zero-order valence-corrected chi connectivity index (χ0v) is 14.9. The average molecular weight is 343 g/mol. The number of hydrogen-bond acceptors (Lipinski definition) is 3. The van der Waals surface area contributed by atoms with Crippen LogP contribution in [0, 0.1) is 6.92 Å². The maximum absolute atomic E-state index is 11.9. The number of thioether (sulfide) groups is 1. The number of aryl methyl sites for hydroxylation is 1. The third-order valence-electron chi connectivity index (χ3n) is 3.19. The summed E-state index contributed by atoms with van der Waals surface area (Å²) in [5.41, 5.74) is 1.67. The van der Waals surface area contributed by atoms with E-state index in [1.165, 1.54) is 11.8 Å². The summed E-state index contributed by atoms with van der Waals surface area (Å²) in [6.07, 6.45) is 2.07. The van der Waals surface area contributed by atoms with Gasteiger partial charge in [0.2, 0.25) is 11.8 Å². The molecule has 0 aromatic heterocycles. The normalized spacial score (nSPS) is 10.4. The second kappa shape index (κ2) is 9.74. The van der Waals surface area contributed by atoms with Crippen molar-refractivity contribution in [3.05, 3.63) is 28.8 Å². The molecule has 0 unspecified atom stereocenters. The summed E-state index contributed by atoms with van der Waals surface area (Å²) < 4.78 is 0. The van der Waals surface area contributed by atoms with E-state index < -0.39 is 0 Å². The molecule has 0 aliphatic rings. The van der Waals surface area contributed by atoms with Gasteiger partial charge in [0, 0.05) is 24.3 Å². The van der Waals surface area contributed by atoms with Crippen LogP contribution in [0.25, 0.3) is 0 Å². The van der Waals surface area contributed by atoms with Crippen molar-refractivity contribution in [3.8, 4) is 0 Å². The van der Waals surface area contributed by atoms with Gasteiger partial charge in [0.1, 0.15) is 0 Å². The van der Waals surface area contributed by atoms with Crippen LogP contribution in [0.2, 0.25) is 5.02 Å². The SMILES string of the molecule is CCCCN(C)C(=O)CSCC(=O)Nc1ccc(Cl)cc1C. The molecule has 0 radical (unpaired) electrons. The first-order valence-electron chi connectivity index (χ1n) is 7.31. The molecule has 1 aromatic rings. The third kappa shape index (κ3) is 6.71. The van der Waals surface area contributed by atoms with E-state index in [-0.39, 0.29) is 17.6 Å². The van der Waals surface area contributed by atoms with Crippen LogP contribution in [0.4, 0.5) is 5.69 Å². The van der Waals surface area contributed by atoms with E-state index in [4.69, 9.17) is 11.6 Å². The lowest BCUT2D eigenvalue weighted by atomic mass is 10.2. The van der Waals surface area contributed by atoms with Gasteiger partial charge in [0.25, 0.3) is 0 Å². The molecule has 0 spiro atoms. The van der Waals surface area contributed by atoms with Crippen molar-refractivity contribution in [2.45, 2.75) is 26.7 Å². The average Bonchev–Trinajstić information content (AvgIpc) is 2.47.